The van der Waals surface area contributed by atoms with Crippen LogP contribution in [0.15, 0.2) is 40.0 Å². The zero-order valence-electron chi connectivity index (χ0n) is 12.9. The summed E-state index contributed by atoms with van der Waals surface area (Å²) >= 11 is 0. The van der Waals surface area contributed by atoms with Gasteiger partial charge in [0.05, 0.1) is 12.3 Å². The summed E-state index contributed by atoms with van der Waals surface area (Å²) in [6.45, 7) is 2.02. The van der Waals surface area contributed by atoms with Crippen molar-refractivity contribution in [3.63, 3.8) is 0 Å². The third-order valence-electron chi connectivity index (χ3n) is 3.11. The zero-order valence-corrected chi connectivity index (χ0v) is 13.7. The summed E-state index contributed by atoms with van der Waals surface area (Å²) < 4.78 is 29.6. The second kappa shape index (κ2) is 7.87. The molecule has 124 valence electrons. The predicted octanol–water partition coefficient (Wildman–Crippen LogP) is 1.85. The summed E-state index contributed by atoms with van der Waals surface area (Å²) in [6, 6.07) is 8.75. The number of carbonyl (C=O) groups excluding carboxylic acids is 1. The lowest BCUT2D eigenvalue weighted by Crippen LogP contribution is -2.22. The van der Waals surface area contributed by atoms with Gasteiger partial charge in [-0.05, 0) is 12.0 Å². The molecule has 0 aliphatic heterocycles. The number of aromatic nitrogens is 2. The monoisotopic (exact) mass is 337 g/mol. The number of benzene rings is 1. The number of amides is 1. The van der Waals surface area contributed by atoms with Crippen LogP contribution in [0.4, 0.5) is 0 Å². The zero-order chi connectivity index (χ0) is 16.7. The molecule has 0 saturated heterocycles. The van der Waals surface area contributed by atoms with Crippen LogP contribution < -0.4 is 5.32 Å². The molecule has 0 unspecified atom stereocenters. The van der Waals surface area contributed by atoms with E-state index in [4.69, 9.17) is 4.42 Å². The highest BCUT2D eigenvalue weighted by molar-refractivity contribution is 7.90. The number of hydrogen-bond donors (Lipinski definition) is 1. The maximum absolute atomic E-state index is 12.2. The first-order valence-electron chi connectivity index (χ1n) is 7.37. The van der Waals surface area contributed by atoms with Gasteiger partial charge in [0.2, 0.25) is 21.6 Å². The highest BCUT2D eigenvalue weighted by atomic mass is 32.2. The standard InChI is InChI=1S/C15H19N3O4S/c1-2-3-9-13(19)16-10-14-17-18-15(22-14)23(20,21)11-12-7-5-4-6-8-12/h4-8H,2-3,9-11H2,1H3,(H,16,19). The van der Waals surface area contributed by atoms with E-state index in [0.29, 0.717) is 12.0 Å². The average molecular weight is 337 g/mol. The minimum atomic E-state index is -3.70. The Kier molecular flexibility index (Phi) is 5.86. The molecular weight excluding hydrogens is 318 g/mol. The number of unbranched alkanes of at least 4 members (excludes halogenated alkanes) is 1. The Morgan fingerprint density at radius 3 is 2.65 bits per heavy atom. The topological polar surface area (TPSA) is 102 Å². The molecule has 1 aromatic heterocycles. The normalized spacial score (nSPS) is 11.3. The van der Waals surface area contributed by atoms with Crippen molar-refractivity contribution < 1.29 is 17.6 Å². The van der Waals surface area contributed by atoms with Crippen molar-refractivity contribution in [2.75, 3.05) is 0 Å². The van der Waals surface area contributed by atoms with Crippen LogP contribution in [-0.2, 0) is 26.9 Å². The lowest BCUT2D eigenvalue weighted by molar-refractivity contribution is -0.121. The van der Waals surface area contributed by atoms with Crippen LogP contribution in [0, 0.1) is 0 Å². The SMILES string of the molecule is CCCCC(=O)NCc1nnc(S(=O)(=O)Cc2ccccc2)o1. The van der Waals surface area contributed by atoms with E-state index in [2.05, 4.69) is 15.5 Å². The fourth-order valence-electron chi connectivity index (χ4n) is 1.89. The fourth-order valence-corrected chi connectivity index (χ4v) is 3.03. The molecule has 0 aliphatic rings. The number of hydrogen-bond acceptors (Lipinski definition) is 6. The molecule has 1 N–H and O–H groups in total. The quantitative estimate of drug-likeness (QED) is 0.788. The molecule has 0 fully saturated rings. The van der Waals surface area contributed by atoms with E-state index in [0.717, 1.165) is 12.8 Å². The number of nitrogens with one attached hydrogen (secondary N) is 1. The summed E-state index contributed by atoms with van der Waals surface area (Å²) in [5.74, 6) is -0.265. The van der Waals surface area contributed by atoms with Crippen LogP contribution >= 0.6 is 0 Å². The molecule has 1 amide bonds. The third-order valence-corrected chi connectivity index (χ3v) is 4.52. The third kappa shape index (κ3) is 5.17. The van der Waals surface area contributed by atoms with Gasteiger partial charge in [-0.25, -0.2) is 8.42 Å². The van der Waals surface area contributed by atoms with Gasteiger partial charge in [0.25, 0.3) is 0 Å². The Morgan fingerprint density at radius 1 is 1.22 bits per heavy atom. The van der Waals surface area contributed by atoms with Crippen molar-refractivity contribution in [2.24, 2.45) is 0 Å². The van der Waals surface area contributed by atoms with Crippen LogP contribution in [0.1, 0.15) is 37.6 Å². The van der Waals surface area contributed by atoms with Gasteiger partial charge in [-0.15, -0.1) is 5.10 Å². The molecule has 1 aromatic carbocycles. The summed E-state index contributed by atoms with van der Waals surface area (Å²) in [5.41, 5.74) is 0.639. The highest BCUT2D eigenvalue weighted by Gasteiger charge is 2.23. The van der Waals surface area contributed by atoms with Crippen LogP contribution in [0.3, 0.4) is 0 Å². The maximum Gasteiger partial charge on any atom is 0.335 e. The van der Waals surface area contributed by atoms with Crippen molar-refractivity contribution in [3.8, 4) is 0 Å². The van der Waals surface area contributed by atoms with Crippen LogP contribution in [0.2, 0.25) is 0 Å². The summed E-state index contributed by atoms with van der Waals surface area (Å²) in [4.78, 5) is 11.5. The summed E-state index contributed by atoms with van der Waals surface area (Å²) in [6.07, 6.45) is 2.14. The van der Waals surface area contributed by atoms with Gasteiger partial charge in [-0.1, -0.05) is 48.8 Å². The van der Waals surface area contributed by atoms with E-state index in [-0.39, 0.29) is 24.1 Å². The van der Waals surface area contributed by atoms with Crippen LogP contribution in [-0.4, -0.2) is 24.5 Å². The molecule has 7 nitrogen and oxygen atoms in total. The lowest BCUT2D eigenvalue weighted by atomic mass is 10.2. The molecule has 0 atom stereocenters. The molecule has 1 heterocycles. The highest BCUT2D eigenvalue weighted by Crippen LogP contribution is 2.15. The Balaban J connectivity index is 1.96. The van der Waals surface area contributed by atoms with Gasteiger partial charge in [-0.3, -0.25) is 4.79 Å². The van der Waals surface area contributed by atoms with Crippen molar-refractivity contribution in [1.82, 2.24) is 15.5 Å². The molecule has 0 aliphatic carbocycles. The first-order valence-corrected chi connectivity index (χ1v) is 9.02. The lowest BCUT2D eigenvalue weighted by Gasteiger charge is -2.01. The average Bonchev–Trinajstić information content (AvgIpc) is 3.01. The van der Waals surface area contributed by atoms with Crippen LogP contribution in [0.5, 0.6) is 0 Å². The Hall–Kier alpha value is -2.22. The van der Waals surface area contributed by atoms with E-state index in [1.54, 1.807) is 24.3 Å². The van der Waals surface area contributed by atoms with E-state index in [9.17, 15) is 13.2 Å². The van der Waals surface area contributed by atoms with Gasteiger partial charge in [-0.2, -0.15) is 0 Å². The van der Waals surface area contributed by atoms with E-state index >= 15 is 0 Å². The molecule has 0 spiro atoms. The smallest absolute Gasteiger partial charge is 0.335 e. The summed E-state index contributed by atoms with van der Waals surface area (Å²) in [5, 5.41) is 9.42. The predicted molar refractivity (Wildman–Crippen MR) is 83.0 cm³/mol. The minimum absolute atomic E-state index is 0.0242. The molecule has 0 bridgehead atoms. The van der Waals surface area contributed by atoms with Gasteiger partial charge in [0, 0.05) is 6.42 Å². The van der Waals surface area contributed by atoms with E-state index in [1.165, 1.54) is 0 Å². The van der Waals surface area contributed by atoms with E-state index < -0.39 is 15.1 Å². The number of nitrogens with zero attached hydrogens (tertiary/aromatic N) is 2. The fraction of sp³-hybridized carbons (Fsp3) is 0.400. The van der Waals surface area contributed by atoms with Crippen molar-refractivity contribution >= 4 is 15.7 Å². The maximum atomic E-state index is 12.2. The van der Waals surface area contributed by atoms with Crippen LogP contribution in [0.25, 0.3) is 0 Å². The second-order valence-corrected chi connectivity index (χ2v) is 6.95. The molecule has 0 radical (unpaired) electrons. The van der Waals surface area contributed by atoms with E-state index in [1.807, 2.05) is 13.0 Å². The van der Waals surface area contributed by atoms with Crippen molar-refractivity contribution in [1.29, 1.82) is 0 Å². The molecule has 2 rings (SSSR count). The summed E-state index contributed by atoms with van der Waals surface area (Å²) in [7, 11) is -3.70. The largest absolute Gasteiger partial charge is 0.411 e. The molecule has 8 heteroatoms. The van der Waals surface area contributed by atoms with Gasteiger partial charge in [0.15, 0.2) is 0 Å². The Bertz CT molecular complexity index is 741. The number of rotatable bonds is 8. The van der Waals surface area contributed by atoms with Gasteiger partial charge >= 0.3 is 5.22 Å². The number of sulfone groups is 1. The van der Waals surface area contributed by atoms with Crippen molar-refractivity contribution in [3.05, 3.63) is 41.8 Å². The Morgan fingerprint density at radius 2 is 1.96 bits per heavy atom. The molecular formula is C15H19N3O4S. The van der Waals surface area contributed by atoms with Gasteiger partial charge < -0.3 is 9.73 Å². The molecule has 23 heavy (non-hydrogen) atoms. The first-order chi connectivity index (χ1) is 11.0. The molecule has 2 aromatic rings. The molecule has 0 saturated carbocycles. The first kappa shape index (κ1) is 17.1. The number of carbonyl (C=O) groups is 1. The Labute approximate surface area is 135 Å². The minimum Gasteiger partial charge on any atom is -0.411 e. The van der Waals surface area contributed by atoms with Gasteiger partial charge in [0.1, 0.15) is 0 Å². The second-order valence-electron chi connectivity index (χ2n) is 5.09. The van der Waals surface area contributed by atoms with Crippen molar-refractivity contribution in [2.45, 2.75) is 43.7 Å².